The maximum Gasteiger partial charge on any atom is 0.266 e. The molecule has 2 amide bonds. The lowest BCUT2D eigenvalue weighted by Gasteiger charge is -2.29. The van der Waals surface area contributed by atoms with Gasteiger partial charge in [-0.05, 0) is 57.9 Å². The van der Waals surface area contributed by atoms with Gasteiger partial charge >= 0.3 is 0 Å². The zero-order valence-corrected chi connectivity index (χ0v) is 17.5. The molecule has 2 fully saturated rings. The molecule has 0 spiro atoms. The summed E-state index contributed by atoms with van der Waals surface area (Å²) in [5, 5.41) is 1.50. The summed E-state index contributed by atoms with van der Waals surface area (Å²) in [6.45, 7) is 0. The molecule has 3 atom stereocenters. The number of hydrogen-bond acceptors (Lipinski definition) is 4. The van der Waals surface area contributed by atoms with Crippen molar-refractivity contribution in [2.75, 3.05) is 9.96 Å². The molecule has 156 valence electrons. The Kier molecular flexibility index (Phi) is 4.83. The number of halogens is 3. The van der Waals surface area contributed by atoms with Crippen LogP contribution in [0.15, 0.2) is 77.3 Å². The Morgan fingerprint density at radius 2 is 1.55 bits per heavy atom. The molecule has 5 rings (SSSR count). The highest BCUT2D eigenvalue weighted by molar-refractivity contribution is 9.10. The fourth-order valence-electron chi connectivity index (χ4n) is 4.12. The van der Waals surface area contributed by atoms with Gasteiger partial charge in [0.15, 0.2) is 6.10 Å². The molecule has 0 aliphatic carbocycles. The van der Waals surface area contributed by atoms with E-state index in [4.69, 9.17) is 4.84 Å². The van der Waals surface area contributed by atoms with E-state index in [2.05, 4.69) is 15.9 Å². The third-order valence-corrected chi connectivity index (χ3v) is 6.11. The topological polar surface area (TPSA) is 49.9 Å². The van der Waals surface area contributed by atoms with E-state index >= 15 is 0 Å². The molecule has 0 aromatic heterocycles. The van der Waals surface area contributed by atoms with Crippen molar-refractivity contribution in [1.82, 2.24) is 0 Å². The number of fused-ring (bicyclic) bond motifs is 1. The molecule has 8 heteroatoms. The molecular formula is C23H15BrF2N2O3. The van der Waals surface area contributed by atoms with Crippen LogP contribution in [0.1, 0.15) is 11.6 Å². The van der Waals surface area contributed by atoms with Gasteiger partial charge in [0.05, 0.1) is 21.9 Å². The van der Waals surface area contributed by atoms with Crippen LogP contribution < -0.4 is 9.96 Å². The average molecular weight is 485 g/mol. The van der Waals surface area contributed by atoms with Gasteiger partial charge in [-0.3, -0.25) is 14.4 Å². The van der Waals surface area contributed by atoms with Crippen LogP contribution in [0, 0.1) is 17.6 Å². The Morgan fingerprint density at radius 1 is 0.839 bits per heavy atom. The summed E-state index contributed by atoms with van der Waals surface area (Å²) in [7, 11) is 0. The number of hydrogen-bond donors (Lipinski definition) is 0. The van der Waals surface area contributed by atoms with Crippen molar-refractivity contribution < 1.29 is 23.2 Å². The lowest BCUT2D eigenvalue weighted by Crippen LogP contribution is -2.37. The standard InChI is InChI=1S/C23H15BrF2N2O3/c24-15-12-13(10-11-16(15)25)20-19-21(31-28(20)14-6-2-1-3-7-14)23(30)27(22(19)29)18-9-5-4-8-17(18)26/h1-12,19-21H/t19-,20-,21-/m1/s1. The second-order valence-electron chi connectivity index (χ2n) is 7.29. The molecule has 0 unspecified atom stereocenters. The number of imide groups is 1. The van der Waals surface area contributed by atoms with Crippen molar-refractivity contribution in [2.45, 2.75) is 12.1 Å². The van der Waals surface area contributed by atoms with Gasteiger partial charge in [0.25, 0.3) is 5.91 Å². The smallest absolute Gasteiger partial charge is 0.266 e. The Morgan fingerprint density at radius 3 is 2.26 bits per heavy atom. The molecule has 0 saturated carbocycles. The van der Waals surface area contributed by atoms with E-state index < -0.39 is 41.5 Å². The Bertz CT molecular complexity index is 1190. The van der Waals surface area contributed by atoms with Crippen molar-refractivity contribution >= 4 is 39.1 Å². The predicted molar refractivity (Wildman–Crippen MR) is 113 cm³/mol. The van der Waals surface area contributed by atoms with Gasteiger partial charge in [-0.2, -0.15) is 0 Å². The molecule has 0 bridgehead atoms. The zero-order chi connectivity index (χ0) is 21.7. The van der Waals surface area contributed by atoms with Gasteiger partial charge in [-0.25, -0.2) is 18.7 Å². The van der Waals surface area contributed by atoms with Crippen LogP contribution in [0.25, 0.3) is 0 Å². The molecule has 2 aliphatic rings. The number of anilines is 2. The second-order valence-corrected chi connectivity index (χ2v) is 8.15. The third-order valence-electron chi connectivity index (χ3n) is 5.50. The van der Waals surface area contributed by atoms with Crippen LogP contribution >= 0.6 is 15.9 Å². The van der Waals surface area contributed by atoms with Crippen molar-refractivity contribution in [2.24, 2.45) is 5.92 Å². The van der Waals surface area contributed by atoms with Crippen molar-refractivity contribution in [3.05, 3.63) is 94.5 Å². The SMILES string of the molecule is O=C1[C@@H]2[C@@H](c3ccc(F)c(Br)c3)N(c3ccccc3)O[C@H]2C(=O)N1c1ccccc1F. The molecule has 2 saturated heterocycles. The number of hydroxylamine groups is 1. The van der Waals surface area contributed by atoms with Crippen molar-refractivity contribution in [1.29, 1.82) is 0 Å². The van der Waals surface area contributed by atoms with E-state index in [9.17, 15) is 18.4 Å². The first-order chi connectivity index (χ1) is 15.0. The van der Waals surface area contributed by atoms with E-state index in [1.54, 1.807) is 42.5 Å². The summed E-state index contributed by atoms with van der Waals surface area (Å²) in [6, 6.07) is 18.3. The summed E-state index contributed by atoms with van der Waals surface area (Å²) in [6.07, 6.45) is -1.12. The van der Waals surface area contributed by atoms with E-state index in [0.717, 1.165) is 4.90 Å². The van der Waals surface area contributed by atoms with E-state index in [1.165, 1.54) is 29.3 Å². The molecule has 3 aromatic carbocycles. The third kappa shape index (κ3) is 3.14. The highest BCUT2D eigenvalue weighted by Crippen LogP contribution is 2.48. The van der Waals surface area contributed by atoms with Gasteiger partial charge in [0.2, 0.25) is 5.91 Å². The molecule has 0 N–H and O–H groups in total. The fourth-order valence-corrected chi connectivity index (χ4v) is 4.52. The first-order valence-corrected chi connectivity index (χ1v) is 10.3. The maximum atomic E-state index is 14.4. The number of benzene rings is 3. The lowest BCUT2D eigenvalue weighted by atomic mass is 9.90. The van der Waals surface area contributed by atoms with Crippen molar-refractivity contribution in [3.63, 3.8) is 0 Å². The van der Waals surface area contributed by atoms with Gasteiger partial charge < -0.3 is 0 Å². The van der Waals surface area contributed by atoms with Crippen LogP contribution in [0.5, 0.6) is 0 Å². The van der Waals surface area contributed by atoms with Gasteiger partial charge in [0, 0.05) is 0 Å². The molecule has 2 aliphatic heterocycles. The second kappa shape index (κ2) is 7.55. The summed E-state index contributed by atoms with van der Waals surface area (Å²) < 4.78 is 28.5. The molecular weight excluding hydrogens is 470 g/mol. The monoisotopic (exact) mass is 484 g/mol. The zero-order valence-electron chi connectivity index (χ0n) is 15.9. The van der Waals surface area contributed by atoms with Crippen LogP contribution in [0.2, 0.25) is 0 Å². The van der Waals surface area contributed by atoms with Crippen molar-refractivity contribution in [3.8, 4) is 0 Å². The number of carbonyl (C=O) groups excluding carboxylic acids is 2. The van der Waals surface area contributed by atoms with Crippen LogP contribution in [-0.4, -0.2) is 17.9 Å². The van der Waals surface area contributed by atoms with Crippen LogP contribution in [0.3, 0.4) is 0 Å². The summed E-state index contributed by atoms with van der Waals surface area (Å²) >= 11 is 3.18. The number of para-hydroxylation sites is 2. The summed E-state index contributed by atoms with van der Waals surface area (Å²) in [5.74, 6) is -3.25. The van der Waals surface area contributed by atoms with Gasteiger partial charge in [-0.1, -0.05) is 36.4 Å². The lowest BCUT2D eigenvalue weighted by molar-refractivity contribution is -0.126. The fraction of sp³-hybridized carbons (Fsp3) is 0.130. The molecule has 5 nitrogen and oxygen atoms in total. The number of amides is 2. The number of carbonyl (C=O) groups is 2. The highest BCUT2D eigenvalue weighted by Gasteiger charge is 2.60. The Labute approximate surface area is 184 Å². The minimum absolute atomic E-state index is 0.110. The van der Waals surface area contributed by atoms with E-state index in [1.807, 2.05) is 6.07 Å². The van der Waals surface area contributed by atoms with Crippen LogP contribution in [-0.2, 0) is 14.4 Å². The number of rotatable bonds is 3. The average Bonchev–Trinajstić information content (AvgIpc) is 3.28. The number of nitrogens with zero attached hydrogens (tertiary/aromatic N) is 2. The van der Waals surface area contributed by atoms with Crippen LogP contribution in [0.4, 0.5) is 20.2 Å². The molecule has 2 heterocycles. The highest BCUT2D eigenvalue weighted by atomic mass is 79.9. The summed E-state index contributed by atoms with van der Waals surface area (Å²) in [4.78, 5) is 33.4. The first kappa shape index (κ1) is 19.8. The molecule has 0 radical (unpaired) electrons. The Balaban J connectivity index is 1.62. The Hall–Kier alpha value is -3.10. The quantitative estimate of drug-likeness (QED) is 0.502. The first-order valence-electron chi connectivity index (χ1n) is 9.55. The van der Waals surface area contributed by atoms with Gasteiger partial charge in [0.1, 0.15) is 17.6 Å². The molecule has 31 heavy (non-hydrogen) atoms. The van der Waals surface area contributed by atoms with Gasteiger partial charge in [-0.15, -0.1) is 0 Å². The maximum absolute atomic E-state index is 14.4. The molecule has 3 aromatic rings. The van der Waals surface area contributed by atoms with E-state index in [0.29, 0.717) is 11.3 Å². The largest absolute Gasteiger partial charge is 0.273 e. The normalized spacial score (nSPS) is 22.9. The minimum atomic E-state index is -1.12. The minimum Gasteiger partial charge on any atom is -0.273 e. The summed E-state index contributed by atoms with van der Waals surface area (Å²) in [5.41, 5.74) is 1.11. The van der Waals surface area contributed by atoms with E-state index in [-0.39, 0.29) is 10.2 Å². The predicted octanol–water partition coefficient (Wildman–Crippen LogP) is 4.78.